The molecule has 314 valence electrons. The third kappa shape index (κ3) is 9.10. The average molecular weight is 837 g/mol. The summed E-state index contributed by atoms with van der Waals surface area (Å²) in [5.74, 6) is -0.235. The Labute approximate surface area is 362 Å². The van der Waals surface area contributed by atoms with Gasteiger partial charge in [0.1, 0.15) is 11.4 Å². The number of amides is 1. The van der Waals surface area contributed by atoms with E-state index < -0.39 is 5.97 Å². The van der Waals surface area contributed by atoms with E-state index in [-0.39, 0.29) is 5.91 Å². The van der Waals surface area contributed by atoms with Crippen LogP contribution in [0.4, 0.5) is 0 Å². The van der Waals surface area contributed by atoms with Gasteiger partial charge in [0, 0.05) is 77.9 Å². The largest absolute Gasteiger partial charge is 0.494 e. The van der Waals surface area contributed by atoms with Crippen LogP contribution in [-0.4, -0.2) is 77.0 Å². The number of carboxylic acid groups (broad SMARTS) is 1. The van der Waals surface area contributed by atoms with E-state index in [9.17, 15) is 14.7 Å². The SMILES string of the molecule is Cc1ccccc1C(=O)NCCc1cn(Cc2ccccc2-c2cccc3c(CCCOc4cc(C)c(Cl)c(C)c4)c(C(=O)O)n(CCN4CCOCC4)c23)c2ccccc12. The van der Waals surface area contributed by atoms with Crippen LogP contribution in [0, 0.1) is 20.8 Å². The molecule has 0 aliphatic carbocycles. The number of hydrogen-bond acceptors (Lipinski definition) is 5. The molecule has 0 bridgehead atoms. The fourth-order valence-corrected chi connectivity index (χ4v) is 9.01. The normalized spacial score (nSPS) is 13.2. The highest BCUT2D eigenvalue weighted by Gasteiger charge is 2.26. The summed E-state index contributed by atoms with van der Waals surface area (Å²) in [6.07, 6.45) is 4.09. The van der Waals surface area contributed by atoms with E-state index >= 15 is 0 Å². The number of nitrogens with one attached hydrogen (secondary N) is 1. The van der Waals surface area contributed by atoms with Gasteiger partial charge in [0.25, 0.3) is 5.91 Å². The molecule has 0 atom stereocenters. The van der Waals surface area contributed by atoms with E-state index in [1.165, 1.54) is 5.56 Å². The van der Waals surface area contributed by atoms with Gasteiger partial charge in [0.15, 0.2) is 0 Å². The Hall–Kier alpha value is -5.87. The molecule has 0 saturated carbocycles. The molecule has 5 aromatic carbocycles. The number of aryl methyl sites for hydroxylation is 4. The molecule has 0 radical (unpaired) electrons. The van der Waals surface area contributed by atoms with E-state index in [0.29, 0.717) is 76.5 Å². The average Bonchev–Trinajstić information content (AvgIpc) is 3.78. The molecule has 1 amide bonds. The van der Waals surface area contributed by atoms with Gasteiger partial charge in [-0.25, -0.2) is 4.79 Å². The Morgan fingerprint density at radius 1 is 0.787 bits per heavy atom. The molecule has 0 spiro atoms. The molecular formula is C51H53ClN4O5. The lowest BCUT2D eigenvalue weighted by molar-refractivity contribution is 0.0362. The molecule has 8 rings (SSSR count). The van der Waals surface area contributed by atoms with Crippen molar-refractivity contribution in [1.82, 2.24) is 19.4 Å². The summed E-state index contributed by atoms with van der Waals surface area (Å²) >= 11 is 6.41. The lowest BCUT2D eigenvalue weighted by atomic mass is 9.96. The number of benzene rings is 5. The first-order chi connectivity index (χ1) is 29.7. The number of aromatic nitrogens is 2. The van der Waals surface area contributed by atoms with Crippen LogP contribution in [0.25, 0.3) is 32.9 Å². The second-order valence-electron chi connectivity index (χ2n) is 16.0. The van der Waals surface area contributed by atoms with Crippen molar-refractivity contribution in [3.63, 3.8) is 0 Å². The quantitative estimate of drug-likeness (QED) is 0.0942. The fourth-order valence-electron chi connectivity index (χ4n) is 8.90. The zero-order valence-electron chi connectivity index (χ0n) is 35.2. The number of nitrogens with zero attached hydrogens (tertiary/aromatic N) is 3. The summed E-state index contributed by atoms with van der Waals surface area (Å²) in [6.45, 7) is 11.7. The van der Waals surface area contributed by atoms with Crippen molar-refractivity contribution in [3.05, 3.63) is 159 Å². The molecule has 10 heteroatoms. The topological polar surface area (TPSA) is 98.0 Å². The maximum atomic E-state index is 13.4. The second kappa shape index (κ2) is 18.8. The maximum Gasteiger partial charge on any atom is 0.352 e. The lowest BCUT2D eigenvalue weighted by Crippen LogP contribution is -2.38. The van der Waals surface area contributed by atoms with Gasteiger partial charge in [0.05, 0.1) is 25.3 Å². The molecule has 9 nitrogen and oxygen atoms in total. The predicted molar refractivity (Wildman–Crippen MR) is 245 cm³/mol. The van der Waals surface area contributed by atoms with E-state index in [1.807, 2.05) is 57.2 Å². The molecule has 1 saturated heterocycles. The number of carboxylic acids is 1. The van der Waals surface area contributed by atoms with Crippen molar-refractivity contribution in [1.29, 1.82) is 0 Å². The molecule has 1 fully saturated rings. The van der Waals surface area contributed by atoms with Crippen LogP contribution in [0.2, 0.25) is 5.02 Å². The molecule has 0 unspecified atom stereocenters. The number of morpholine rings is 1. The maximum absolute atomic E-state index is 13.4. The fraction of sp³-hybridized carbons (Fsp3) is 0.294. The number of rotatable bonds is 16. The Bertz CT molecular complexity index is 2690. The van der Waals surface area contributed by atoms with Crippen molar-refractivity contribution >= 4 is 45.3 Å². The van der Waals surface area contributed by atoms with Crippen molar-refractivity contribution < 1.29 is 24.2 Å². The lowest BCUT2D eigenvalue weighted by Gasteiger charge is -2.27. The zero-order valence-corrected chi connectivity index (χ0v) is 35.9. The summed E-state index contributed by atoms with van der Waals surface area (Å²) in [5.41, 5.74) is 11.1. The first kappa shape index (κ1) is 41.8. The van der Waals surface area contributed by atoms with Gasteiger partial charge in [-0.3, -0.25) is 9.69 Å². The number of carbonyl (C=O) groups is 2. The van der Waals surface area contributed by atoms with E-state index in [0.717, 1.165) is 84.6 Å². The van der Waals surface area contributed by atoms with Gasteiger partial charge in [-0.05, 0) is 103 Å². The molecule has 7 aromatic rings. The number of halogens is 1. The molecule has 61 heavy (non-hydrogen) atoms. The van der Waals surface area contributed by atoms with E-state index in [4.69, 9.17) is 21.1 Å². The summed E-state index contributed by atoms with van der Waals surface area (Å²) in [6, 6.07) is 34.7. The van der Waals surface area contributed by atoms with Crippen LogP contribution in [0.15, 0.2) is 109 Å². The van der Waals surface area contributed by atoms with Crippen LogP contribution in [0.1, 0.15) is 60.6 Å². The van der Waals surface area contributed by atoms with Crippen LogP contribution in [0.5, 0.6) is 5.75 Å². The summed E-state index contributed by atoms with van der Waals surface area (Å²) < 4.78 is 16.2. The number of carbonyl (C=O) groups excluding carboxylic acids is 1. The number of hydrogen-bond donors (Lipinski definition) is 2. The Balaban J connectivity index is 1.12. The summed E-state index contributed by atoms with van der Waals surface area (Å²) in [4.78, 5) is 28.8. The van der Waals surface area contributed by atoms with Crippen molar-refractivity contribution in [2.24, 2.45) is 0 Å². The number of ether oxygens (including phenoxy) is 2. The molecular weight excluding hydrogens is 784 g/mol. The molecule has 3 heterocycles. The number of aromatic carboxylic acids is 1. The number of para-hydroxylation sites is 2. The summed E-state index contributed by atoms with van der Waals surface area (Å²) in [5, 5.41) is 16.9. The van der Waals surface area contributed by atoms with Crippen LogP contribution >= 0.6 is 11.6 Å². The van der Waals surface area contributed by atoms with Crippen molar-refractivity contribution in [3.8, 4) is 16.9 Å². The third-order valence-electron chi connectivity index (χ3n) is 12.0. The first-order valence-electron chi connectivity index (χ1n) is 21.2. The minimum Gasteiger partial charge on any atom is -0.494 e. The minimum absolute atomic E-state index is 0.0646. The van der Waals surface area contributed by atoms with E-state index in [2.05, 4.69) is 92.3 Å². The van der Waals surface area contributed by atoms with Crippen LogP contribution in [-0.2, 0) is 30.7 Å². The zero-order chi connectivity index (χ0) is 42.5. The van der Waals surface area contributed by atoms with Gasteiger partial charge in [-0.2, -0.15) is 0 Å². The highest BCUT2D eigenvalue weighted by Crippen LogP contribution is 2.38. The van der Waals surface area contributed by atoms with Gasteiger partial charge in [-0.15, -0.1) is 0 Å². The number of fused-ring (bicyclic) bond motifs is 2. The Morgan fingerprint density at radius 2 is 1.49 bits per heavy atom. The molecule has 1 aliphatic rings. The molecule has 2 aromatic heterocycles. The standard InChI is InChI=1S/C51H53ClN4O5/c1-34-12-4-6-14-40(34)50(57)53-22-21-38-33-55(46-20-9-8-16-42(38)46)32-37-13-5-7-15-41(37)43-17-10-18-44-45(19-11-27-61-39-30-35(2)47(52)36(3)31-39)49(51(58)59)56(48(43)44)24-23-54-25-28-60-29-26-54/h4-10,12-18,20,30-31,33H,11,19,21-29,32H2,1-3H3,(H,53,57)(H,58,59). The summed E-state index contributed by atoms with van der Waals surface area (Å²) in [7, 11) is 0. The van der Waals surface area contributed by atoms with Crippen LogP contribution < -0.4 is 10.1 Å². The van der Waals surface area contributed by atoms with E-state index in [1.54, 1.807) is 0 Å². The smallest absolute Gasteiger partial charge is 0.352 e. The third-order valence-corrected chi connectivity index (χ3v) is 12.6. The minimum atomic E-state index is -0.932. The van der Waals surface area contributed by atoms with Gasteiger partial charge in [0.2, 0.25) is 0 Å². The van der Waals surface area contributed by atoms with Crippen molar-refractivity contribution in [2.75, 3.05) is 46.0 Å². The Morgan fingerprint density at radius 3 is 2.28 bits per heavy atom. The highest BCUT2D eigenvalue weighted by atomic mass is 35.5. The van der Waals surface area contributed by atoms with Crippen molar-refractivity contribution in [2.45, 2.75) is 53.1 Å². The van der Waals surface area contributed by atoms with Gasteiger partial charge < -0.3 is 29.0 Å². The van der Waals surface area contributed by atoms with Crippen LogP contribution in [0.3, 0.4) is 0 Å². The highest BCUT2D eigenvalue weighted by molar-refractivity contribution is 6.32. The second-order valence-corrected chi connectivity index (χ2v) is 16.4. The first-order valence-corrected chi connectivity index (χ1v) is 21.6. The van der Waals surface area contributed by atoms with Gasteiger partial charge >= 0.3 is 5.97 Å². The molecule has 2 N–H and O–H groups in total. The molecule has 1 aliphatic heterocycles. The van der Waals surface area contributed by atoms with Gasteiger partial charge in [-0.1, -0.05) is 90.5 Å². The monoisotopic (exact) mass is 836 g/mol. The predicted octanol–water partition coefficient (Wildman–Crippen LogP) is 9.90. The Kier molecular flexibility index (Phi) is 12.9.